The average molecular weight is 328 g/mol. The lowest BCUT2D eigenvalue weighted by Crippen LogP contribution is -2.52. The van der Waals surface area contributed by atoms with Gasteiger partial charge in [0.2, 0.25) is 11.8 Å². The molecule has 22 heavy (non-hydrogen) atoms. The number of sulfone groups is 1. The van der Waals surface area contributed by atoms with E-state index in [1.807, 2.05) is 4.90 Å². The number of hydrogen-bond acceptors (Lipinski definition) is 4. The van der Waals surface area contributed by atoms with Gasteiger partial charge in [-0.15, -0.1) is 0 Å². The van der Waals surface area contributed by atoms with Crippen LogP contribution in [0.15, 0.2) is 0 Å². The van der Waals surface area contributed by atoms with Gasteiger partial charge < -0.3 is 10.2 Å². The summed E-state index contributed by atoms with van der Waals surface area (Å²) in [5.41, 5.74) is -0.654. The van der Waals surface area contributed by atoms with Crippen LogP contribution in [-0.2, 0) is 19.4 Å². The number of carbonyl (C=O) groups excluding carboxylic acids is 2. The van der Waals surface area contributed by atoms with E-state index in [1.165, 1.54) is 0 Å². The fourth-order valence-corrected chi connectivity index (χ4v) is 5.58. The molecular formula is C15H24N2O4S. The van der Waals surface area contributed by atoms with Crippen molar-refractivity contribution in [3.05, 3.63) is 0 Å². The van der Waals surface area contributed by atoms with Crippen molar-refractivity contribution in [3.63, 3.8) is 0 Å². The zero-order valence-corrected chi connectivity index (χ0v) is 13.8. The maximum Gasteiger partial charge on any atom is 0.225 e. The lowest BCUT2D eigenvalue weighted by atomic mass is 9.94. The van der Waals surface area contributed by atoms with Crippen LogP contribution in [0.5, 0.6) is 0 Å². The number of rotatable bonds is 3. The lowest BCUT2D eigenvalue weighted by molar-refractivity contribution is -0.137. The molecule has 3 rings (SSSR count). The monoisotopic (exact) mass is 328 g/mol. The summed E-state index contributed by atoms with van der Waals surface area (Å²) in [7, 11) is -3.04. The van der Waals surface area contributed by atoms with E-state index >= 15 is 0 Å². The highest BCUT2D eigenvalue weighted by Gasteiger charge is 2.42. The summed E-state index contributed by atoms with van der Waals surface area (Å²) >= 11 is 0. The quantitative estimate of drug-likeness (QED) is 0.809. The molecule has 0 aromatic rings. The van der Waals surface area contributed by atoms with E-state index in [0.29, 0.717) is 13.0 Å². The molecule has 2 atom stereocenters. The maximum atomic E-state index is 12.5. The summed E-state index contributed by atoms with van der Waals surface area (Å²) in [6.07, 6.45) is 4.03. The summed E-state index contributed by atoms with van der Waals surface area (Å²) in [5, 5.41) is 2.93. The fourth-order valence-electron chi connectivity index (χ4n) is 3.49. The molecule has 124 valence electrons. The molecule has 0 aromatic carbocycles. The largest absolute Gasteiger partial charge is 0.350 e. The molecule has 0 unspecified atom stereocenters. The van der Waals surface area contributed by atoms with E-state index in [9.17, 15) is 18.0 Å². The summed E-state index contributed by atoms with van der Waals surface area (Å²) in [4.78, 5) is 26.4. The number of amides is 2. The maximum absolute atomic E-state index is 12.5. The average Bonchev–Trinajstić information content (AvgIpc) is 3.25. The predicted octanol–water partition coefficient (Wildman–Crippen LogP) is 0.328. The summed E-state index contributed by atoms with van der Waals surface area (Å²) in [6, 6.07) is 0. The lowest BCUT2D eigenvalue weighted by Gasteiger charge is -2.34. The van der Waals surface area contributed by atoms with Crippen molar-refractivity contribution in [3.8, 4) is 0 Å². The minimum absolute atomic E-state index is 0.0170. The Morgan fingerprint density at radius 3 is 2.50 bits per heavy atom. The molecule has 3 fully saturated rings. The van der Waals surface area contributed by atoms with Gasteiger partial charge in [0.05, 0.1) is 23.0 Å². The minimum atomic E-state index is -3.04. The van der Waals surface area contributed by atoms with E-state index in [4.69, 9.17) is 0 Å². The second-order valence-corrected chi connectivity index (χ2v) is 9.47. The first kappa shape index (κ1) is 15.8. The number of likely N-dealkylation sites (tertiary alicyclic amines) is 1. The Kier molecular flexibility index (Phi) is 3.95. The standard InChI is InChI=1S/C15H24N2O4S/c1-15(6-8-22(20,21)10-15)16-13(18)12-3-2-7-17(9-12)14(19)11-4-5-11/h11-12H,2-10H2,1H3,(H,16,18)/t12-,15+/m1/s1. The van der Waals surface area contributed by atoms with Crippen LogP contribution >= 0.6 is 0 Å². The number of carbonyl (C=O) groups is 2. The summed E-state index contributed by atoms with van der Waals surface area (Å²) in [6.45, 7) is 3.01. The van der Waals surface area contributed by atoms with Crippen molar-refractivity contribution in [2.45, 2.75) is 44.6 Å². The molecule has 0 radical (unpaired) electrons. The van der Waals surface area contributed by atoms with E-state index in [2.05, 4.69) is 5.32 Å². The van der Waals surface area contributed by atoms with Gasteiger partial charge in [-0.2, -0.15) is 0 Å². The molecule has 2 aliphatic heterocycles. The fraction of sp³-hybridized carbons (Fsp3) is 0.867. The Balaban J connectivity index is 1.59. The first-order valence-corrected chi connectivity index (χ1v) is 9.91. The van der Waals surface area contributed by atoms with Gasteiger partial charge in [-0.05, 0) is 39.0 Å². The van der Waals surface area contributed by atoms with Gasteiger partial charge in [-0.1, -0.05) is 0 Å². The Morgan fingerprint density at radius 2 is 1.91 bits per heavy atom. The summed E-state index contributed by atoms with van der Waals surface area (Å²) < 4.78 is 23.2. The number of nitrogens with one attached hydrogen (secondary N) is 1. The summed E-state index contributed by atoms with van der Waals surface area (Å²) in [5.74, 6) is 0.208. The Hall–Kier alpha value is -1.11. The van der Waals surface area contributed by atoms with Gasteiger partial charge in [0, 0.05) is 19.0 Å². The number of nitrogens with zero attached hydrogens (tertiary/aromatic N) is 1. The highest BCUT2D eigenvalue weighted by atomic mass is 32.2. The van der Waals surface area contributed by atoms with E-state index in [0.717, 1.165) is 32.2 Å². The first-order chi connectivity index (χ1) is 10.3. The molecular weight excluding hydrogens is 304 g/mol. The topological polar surface area (TPSA) is 83.6 Å². The van der Waals surface area contributed by atoms with Crippen LogP contribution in [0.25, 0.3) is 0 Å². The molecule has 3 aliphatic rings. The molecule has 1 saturated carbocycles. The van der Waals surface area contributed by atoms with Crippen LogP contribution in [-0.4, -0.2) is 55.3 Å². The smallest absolute Gasteiger partial charge is 0.225 e. The zero-order valence-electron chi connectivity index (χ0n) is 13.0. The van der Waals surface area contributed by atoms with Crippen molar-refractivity contribution < 1.29 is 18.0 Å². The first-order valence-electron chi connectivity index (χ1n) is 8.09. The molecule has 1 N–H and O–H groups in total. The van der Waals surface area contributed by atoms with Crippen LogP contribution in [0, 0.1) is 11.8 Å². The van der Waals surface area contributed by atoms with Gasteiger partial charge in [0.15, 0.2) is 9.84 Å². The Bertz CT molecular complexity index is 584. The van der Waals surface area contributed by atoms with Gasteiger partial charge in [-0.3, -0.25) is 9.59 Å². The third-order valence-electron chi connectivity index (χ3n) is 4.96. The molecule has 0 aromatic heterocycles. The predicted molar refractivity (Wildman–Crippen MR) is 81.8 cm³/mol. The highest BCUT2D eigenvalue weighted by molar-refractivity contribution is 7.91. The molecule has 6 nitrogen and oxygen atoms in total. The van der Waals surface area contributed by atoms with E-state index in [-0.39, 0.29) is 35.2 Å². The molecule has 2 amide bonds. The van der Waals surface area contributed by atoms with E-state index in [1.54, 1.807) is 6.92 Å². The Morgan fingerprint density at radius 1 is 1.18 bits per heavy atom. The van der Waals surface area contributed by atoms with Crippen LogP contribution in [0.2, 0.25) is 0 Å². The van der Waals surface area contributed by atoms with Gasteiger partial charge in [0.25, 0.3) is 0 Å². The SMILES string of the molecule is C[C@]1(NC(=O)[C@@H]2CCCN(C(=O)C3CC3)C2)CCS(=O)(=O)C1. The number of hydrogen-bond donors (Lipinski definition) is 1. The van der Waals surface area contributed by atoms with Crippen LogP contribution in [0.4, 0.5) is 0 Å². The van der Waals surface area contributed by atoms with Crippen molar-refractivity contribution in [2.24, 2.45) is 11.8 Å². The highest BCUT2D eigenvalue weighted by Crippen LogP contribution is 2.32. The normalized spacial score (nSPS) is 34.4. The molecule has 0 bridgehead atoms. The van der Waals surface area contributed by atoms with Gasteiger partial charge in [0.1, 0.15) is 0 Å². The van der Waals surface area contributed by atoms with Crippen LogP contribution in [0.3, 0.4) is 0 Å². The molecule has 2 saturated heterocycles. The van der Waals surface area contributed by atoms with Gasteiger partial charge in [-0.25, -0.2) is 8.42 Å². The number of piperidine rings is 1. The molecule has 7 heteroatoms. The van der Waals surface area contributed by atoms with Crippen molar-refractivity contribution >= 4 is 21.7 Å². The second-order valence-electron chi connectivity index (χ2n) is 7.29. The van der Waals surface area contributed by atoms with Crippen LogP contribution in [0.1, 0.15) is 39.0 Å². The third-order valence-corrected chi connectivity index (χ3v) is 6.86. The Labute approximate surface area is 131 Å². The third kappa shape index (κ3) is 3.45. The zero-order chi connectivity index (χ0) is 16.0. The van der Waals surface area contributed by atoms with Crippen molar-refractivity contribution in [1.29, 1.82) is 0 Å². The van der Waals surface area contributed by atoms with Crippen LogP contribution < -0.4 is 5.32 Å². The molecule has 2 heterocycles. The minimum Gasteiger partial charge on any atom is -0.350 e. The van der Waals surface area contributed by atoms with Gasteiger partial charge >= 0.3 is 0 Å². The van der Waals surface area contributed by atoms with E-state index < -0.39 is 15.4 Å². The second kappa shape index (κ2) is 5.51. The van der Waals surface area contributed by atoms with Crippen molar-refractivity contribution in [2.75, 3.05) is 24.6 Å². The molecule has 1 aliphatic carbocycles. The molecule has 0 spiro atoms. The van der Waals surface area contributed by atoms with Crippen molar-refractivity contribution in [1.82, 2.24) is 10.2 Å².